The first-order chi connectivity index (χ1) is 10.1. The van der Waals surface area contributed by atoms with Crippen LogP contribution in [0.15, 0.2) is 6.33 Å². The highest BCUT2D eigenvalue weighted by molar-refractivity contribution is 5.90. The fourth-order valence-corrected chi connectivity index (χ4v) is 3.90. The molecule has 2 heterocycles. The maximum Gasteiger partial charge on any atom is 0.145 e. The van der Waals surface area contributed by atoms with Crippen molar-refractivity contribution in [2.24, 2.45) is 11.8 Å². The minimum atomic E-state index is 0.602. The number of nitrogen functional groups attached to an aromatic ring is 1. The van der Waals surface area contributed by atoms with Crippen molar-refractivity contribution in [3.8, 4) is 0 Å². The van der Waals surface area contributed by atoms with Gasteiger partial charge in [0.15, 0.2) is 0 Å². The van der Waals surface area contributed by atoms with Crippen LogP contribution in [-0.2, 0) is 6.54 Å². The van der Waals surface area contributed by atoms with E-state index in [4.69, 9.17) is 5.73 Å². The fraction of sp³-hybridized carbons (Fsp3) is 0.647. The van der Waals surface area contributed by atoms with E-state index in [0.29, 0.717) is 5.82 Å². The molecule has 0 bridgehead atoms. The molecule has 1 fully saturated rings. The Kier molecular flexibility index (Phi) is 3.87. The summed E-state index contributed by atoms with van der Waals surface area (Å²) in [7, 11) is 0. The summed E-state index contributed by atoms with van der Waals surface area (Å²) in [4.78, 5) is 8.61. The Balaban J connectivity index is 1.84. The largest absolute Gasteiger partial charge is 0.383 e. The van der Waals surface area contributed by atoms with Crippen LogP contribution in [0.4, 0.5) is 5.82 Å². The fourth-order valence-electron chi connectivity index (χ4n) is 3.90. The Labute approximate surface area is 126 Å². The van der Waals surface area contributed by atoms with Crippen molar-refractivity contribution < 1.29 is 0 Å². The van der Waals surface area contributed by atoms with Gasteiger partial charge in [-0.3, -0.25) is 0 Å². The zero-order chi connectivity index (χ0) is 15.0. The van der Waals surface area contributed by atoms with Gasteiger partial charge in [-0.15, -0.1) is 0 Å². The van der Waals surface area contributed by atoms with Gasteiger partial charge < -0.3 is 10.3 Å². The summed E-state index contributed by atoms with van der Waals surface area (Å²) < 4.78 is 2.34. The molecule has 1 aliphatic rings. The summed E-state index contributed by atoms with van der Waals surface area (Å²) in [6, 6.07) is 0. The quantitative estimate of drug-likeness (QED) is 0.932. The van der Waals surface area contributed by atoms with Crippen LogP contribution in [0.3, 0.4) is 0 Å². The Hall–Kier alpha value is -1.58. The van der Waals surface area contributed by atoms with E-state index in [1.54, 1.807) is 6.33 Å². The van der Waals surface area contributed by atoms with Crippen molar-refractivity contribution >= 4 is 16.9 Å². The molecule has 0 aliphatic heterocycles. The molecule has 1 saturated carbocycles. The molecule has 1 aliphatic carbocycles. The van der Waals surface area contributed by atoms with Crippen molar-refractivity contribution in [3.05, 3.63) is 17.6 Å². The van der Waals surface area contributed by atoms with Gasteiger partial charge in [0.25, 0.3) is 0 Å². The zero-order valence-corrected chi connectivity index (χ0v) is 13.4. The molecule has 2 unspecified atom stereocenters. The molecule has 3 rings (SSSR count). The normalized spacial score (nSPS) is 22.8. The van der Waals surface area contributed by atoms with Gasteiger partial charge in [0.1, 0.15) is 17.8 Å². The van der Waals surface area contributed by atoms with Gasteiger partial charge >= 0.3 is 0 Å². The first-order valence-corrected chi connectivity index (χ1v) is 8.13. The first-order valence-electron chi connectivity index (χ1n) is 8.13. The molecule has 2 aromatic rings. The molecule has 0 saturated heterocycles. The predicted octanol–water partition coefficient (Wildman–Crippen LogP) is 3.85. The van der Waals surface area contributed by atoms with Gasteiger partial charge in [0.2, 0.25) is 0 Å². The molecule has 2 aromatic heterocycles. The third kappa shape index (κ3) is 2.63. The number of rotatable bonds is 3. The van der Waals surface area contributed by atoms with E-state index >= 15 is 0 Å². The van der Waals surface area contributed by atoms with Gasteiger partial charge in [-0.1, -0.05) is 26.2 Å². The lowest BCUT2D eigenvalue weighted by Gasteiger charge is -2.27. The van der Waals surface area contributed by atoms with E-state index in [1.165, 1.54) is 43.4 Å². The van der Waals surface area contributed by atoms with Crippen LogP contribution < -0.4 is 5.73 Å². The van der Waals surface area contributed by atoms with Crippen LogP contribution in [0.1, 0.15) is 50.3 Å². The molecule has 4 heteroatoms. The number of anilines is 1. The number of aromatic nitrogens is 3. The third-order valence-corrected chi connectivity index (χ3v) is 5.24. The highest BCUT2D eigenvalue weighted by atomic mass is 15.1. The van der Waals surface area contributed by atoms with Crippen molar-refractivity contribution in [1.29, 1.82) is 0 Å². The van der Waals surface area contributed by atoms with Crippen LogP contribution in [0.25, 0.3) is 11.0 Å². The highest BCUT2D eigenvalue weighted by Crippen LogP contribution is 2.32. The molecule has 4 nitrogen and oxygen atoms in total. The standard InChI is InChI=1S/C17H26N4/c1-11-5-4-6-14(9-11)7-8-21-13(3)12(2)15-16(18)19-10-20-17(15)21/h10-11,14H,4-9H2,1-3H3,(H2,18,19,20). The SMILES string of the molecule is Cc1c(C)n(CCC2CCCC(C)C2)c2ncnc(N)c12. The molecule has 2 N–H and O–H groups in total. The minimum absolute atomic E-state index is 0.602. The Morgan fingerprint density at radius 1 is 1.29 bits per heavy atom. The number of nitrogens with zero attached hydrogens (tertiary/aromatic N) is 3. The van der Waals surface area contributed by atoms with Gasteiger partial charge in [-0.2, -0.15) is 0 Å². The van der Waals surface area contributed by atoms with Crippen LogP contribution >= 0.6 is 0 Å². The topological polar surface area (TPSA) is 56.7 Å². The van der Waals surface area contributed by atoms with Crippen LogP contribution in [0, 0.1) is 25.7 Å². The summed E-state index contributed by atoms with van der Waals surface area (Å²) in [6.45, 7) is 7.72. The van der Waals surface area contributed by atoms with Gasteiger partial charge in [-0.25, -0.2) is 9.97 Å². The maximum absolute atomic E-state index is 6.03. The number of hydrogen-bond acceptors (Lipinski definition) is 3. The average Bonchev–Trinajstić information content (AvgIpc) is 2.70. The summed E-state index contributed by atoms with van der Waals surface area (Å²) in [5.74, 6) is 2.36. The van der Waals surface area contributed by atoms with Crippen LogP contribution in [0.2, 0.25) is 0 Å². The first kappa shape index (κ1) is 14.4. The molecular formula is C17H26N4. The van der Waals surface area contributed by atoms with Crippen molar-refractivity contribution in [2.75, 3.05) is 5.73 Å². The van der Waals surface area contributed by atoms with E-state index in [9.17, 15) is 0 Å². The molecule has 0 radical (unpaired) electrons. The predicted molar refractivity (Wildman–Crippen MR) is 87.2 cm³/mol. The third-order valence-electron chi connectivity index (χ3n) is 5.24. The molecular weight excluding hydrogens is 260 g/mol. The number of hydrogen-bond donors (Lipinski definition) is 1. The Morgan fingerprint density at radius 3 is 2.86 bits per heavy atom. The second kappa shape index (κ2) is 5.66. The summed E-state index contributed by atoms with van der Waals surface area (Å²) in [6.07, 6.45) is 8.40. The van der Waals surface area contributed by atoms with Crippen molar-refractivity contribution in [1.82, 2.24) is 14.5 Å². The van der Waals surface area contributed by atoms with Crippen molar-refractivity contribution in [2.45, 2.75) is 59.4 Å². The lowest BCUT2D eigenvalue weighted by molar-refractivity contribution is 0.261. The van der Waals surface area contributed by atoms with Gasteiger partial charge in [0, 0.05) is 12.2 Å². The molecule has 0 amide bonds. The monoisotopic (exact) mass is 286 g/mol. The molecule has 114 valence electrons. The van der Waals surface area contributed by atoms with E-state index in [1.807, 2.05) is 0 Å². The summed E-state index contributed by atoms with van der Waals surface area (Å²) in [5, 5.41) is 1.03. The lowest BCUT2D eigenvalue weighted by Crippen LogP contribution is -2.15. The summed E-state index contributed by atoms with van der Waals surface area (Å²) in [5.41, 5.74) is 9.53. The Morgan fingerprint density at radius 2 is 2.10 bits per heavy atom. The average molecular weight is 286 g/mol. The maximum atomic E-state index is 6.03. The number of nitrogens with two attached hydrogens (primary N) is 1. The van der Waals surface area contributed by atoms with E-state index in [0.717, 1.165) is 29.4 Å². The highest BCUT2D eigenvalue weighted by Gasteiger charge is 2.20. The second-order valence-electron chi connectivity index (χ2n) is 6.75. The van der Waals surface area contributed by atoms with Gasteiger partial charge in [-0.05, 0) is 44.1 Å². The lowest BCUT2D eigenvalue weighted by atomic mass is 9.81. The van der Waals surface area contributed by atoms with Crippen molar-refractivity contribution in [3.63, 3.8) is 0 Å². The minimum Gasteiger partial charge on any atom is -0.383 e. The zero-order valence-electron chi connectivity index (χ0n) is 13.4. The van der Waals surface area contributed by atoms with E-state index in [2.05, 4.69) is 35.3 Å². The number of aryl methyl sites for hydroxylation is 2. The van der Waals surface area contributed by atoms with Gasteiger partial charge in [0.05, 0.1) is 5.39 Å². The van der Waals surface area contributed by atoms with Crippen LogP contribution in [0.5, 0.6) is 0 Å². The van der Waals surface area contributed by atoms with E-state index in [-0.39, 0.29) is 0 Å². The van der Waals surface area contributed by atoms with E-state index < -0.39 is 0 Å². The molecule has 21 heavy (non-hydrogen) atoms. The summed E-state index contributed by atoms with van der Waals surface area (Å²) >= 11 is 0. The van der Waals surface area contributed by atoms with Crippen LogP contribution in [-0.4, -0.2) is 14.5 Å². The molecule has 0 spiro atoms. The molecule has 2 atom stereocenters. The smallest absolute Gasteiger partial charge is 0.145 e. The number of fused-ring (bicyclic) bond motifs is 1. The second-order valence-corrected chi connectivity index (χ2v) is 6.75. The molecule has 0 aromatic carbocycles. The Bertz CT molecular complexity index is 644.